The summed E-state index contributed by atoms with van der Waals surface area (Å²) in [5.41, 5.74) is 7.54. The lowest BCUT2D eigenvalue weighted by atomic mass is 9.93. The fourth-order valence-electron chi connectivity index (χ4n) is 1.44. The molecule has 0 atom stereocenters. The summed E-state index contributed by atoms with van der Waals surface area (Å²) in [5, 5.41) is 3.40. The summed E-state index contributed by atoms with van der Waals surface area (Å²) in [5.74, 6) is 0.918. The molecule has 3 nitrogen and oxygen atoms in total. The number of nitrogen functional groups attached to an aromatic ring is 1. The number of anilines is 2. The Labute approximate surface area is 92.2 Å². The Morgan fingerprint density at radius 1 is 1.57 bits per heavy atom. The van der Waals surface area contributed by atoms with Gasteiger partial charge in [0.1, 0.15) is 5.82 Å². The number of nitrogens with one attached hydrogen (secondary N) is 1. The van der Waals surface area contributed by atoms with Crippen LogP contribution in [0.5, 0.6) is 0 Å². The molecule has 0 bridgehead atoms. The van der Waals surface area contributed by atoms with Crippen LogP contribution < -0.4 is 11.1 Å². The predicted octanol–water partition coefficient (Wildman–Crippen LogP) is 2.70. The molecule has 0 radical (unpaired) electrons. The maximum absolute atomic E-state index is 5.75. The van der Waals surface area contributed by atoms with Gasteiger partial charge in [0.25, 0.3) is 0 Å². The highest BCUT2D eigenvalue weighted by Gasteiger charge is 2.19. The standard InChI is InChI=1S/C10H14BrN3/c1-6-8(12)5-13-10(9(6)11)14-7-3-2-4-7/h5,7H,2-4,12H2,1H3,(H,13,14). The van der Waals surface area contributed by atoms with Gasteiger partial charge < -0.3 is 11.1 Å². The Bertz CT molecular complexity index is 347. The monoisotopic (exact) mass is 255 g/mol. The van der Waals surface area contributed by atoms with E-state index in [1.54, 1.807) is 6.20 Å². The molecule has 0 amide bonds. The SMILES string of the molecule is Cc1c(N)cnc(NC2CCC2)c1Br. The second-order valence-electron chi connectivity index (χ2n) is 3.77. The fraction of sp³-hybridized carbons (Fsp3) is 0.500. The van der Waals surface area contributed by atoms with Gasteiger partial charge in [0.2, 0.25) is 0 Å². The van der Waals surface area contributed by atoms with E-state index in [2.05, 4.69) is 26.2 Å². The number of hydrogen-bond acceptors (Lipinski definition) is 3. The molecule has 0 saturated heterocycles. The number of hydrogen-bond donors (Lipinski definition) is 2. The molecule has 1 aliphatic carbocycles. The van der Waals surface area contributed by atoms with Crippen molar-refractivity contribution in [1.29, 1.82) is 0 Å². The van der Waals surface area contributed by atoms with Crippen molar-refractivity contribution in [2.24, 2.45) is 0 Å². The summed E-state index contributed by atoms with van der Waals surface area (Å²) >= 11 is 3.51. The minimum atomic E-state index is 0.599. The van der Waals surface area contributed by atoms with E-state index in [1.165, 1.54) is 19.3 Å². The Morgan fingerprint density at radius 3 is 2.86 bits per heavy atom. The third-order valence-electron chi connectivity index (χ3n) is 2.75. The van der Waals surface area contributed by atoms with Crippen molar-refractivity contribution in [1.82, 2.24) is 4.98 Å². The first-order valence-electron chi connectivity index (χ1n) is 4.85. The van der Waals surface area contributed by atoms with E-state index in [4.69, 9.17) is 5.73 Å². The predicted molar refractivity (Wildman–Crippen MR) is 62.3 cm³/mol. The van der Waals surface area contributed by atoms with Crippen LogP contribution in [0.3, 0.4) is 0 Å². The number of nitrogens with two attached hydrogens (primary N) is 1. The summed E-state index contributed by atoms with van der Waals surface area (Å²) in [6.07, 6.45) is 5.53. The van der Waals surface area contributed by atoms with Gasteiger partial charge in [0.05, 0.1) is 16.4 Å². The largest absolute Gasteiger partial charge is 0.397 e. The molecule has 3 N–H and O–H groups in total. The third-order valence-corrected chi connectivity index (χ3v) is 3.72. The van der Waals surface area contributed by atoms with Gasteiger partial charge in [0.15, 0.2) is 0 Å². The Kier molecular flexibility index (Phi) is 2.63. The summed E-state index contributed by atoms with van der Waals surface area (Å²) in [4.78, 5) is 4.28. The summed E-state index contributed by atoms with van der Waals surface area (Å²) in [6.45, 7) is 1.99. The molecule has 0 aliphatic heterocycles. The van der Waals surface area contributed by atoms with E-state index in [0.717, 1.165) is 21.5 Å². The van der Waals surface area contributed by atoms with Crippen LogP contribution in [-0.2, 0) is 0 Å². The van der Waals surface area contributed by atoms with Crippen molar-refractivity contribution in [3.8, 4) is 0 Å². The molecule has 1 aromatic heterocycles. The second kappa shape index (κ2) is 3.77. The average Bonchev–Trinajstić information content (AvgIpc) is 2.10. The van der Waals surface area contributed by atoms with Gasteiger partial charge in [0, 0.05) is 6.04 Å². The molecule has 1 aromatic rings. The molecular formula is C10H14BrN3. The van der Waals surface area contributed by atoms with E-state index >= 15 is 0 Å². The lowest BCUT2D eigenvalue weighted by Gasteiger charge is -2.27. The molecule has 14 heavy (non-hydrogen) atoms. The van der Waals surface area contributed by atoms with Crippen molar-refractivity contribution in [2.75, 3.05) is 11.1 Å². The third kappa shape index (κ3) is 1.71. The van der Waals surface area contributed by atoms with Crippen LogP contribution in [0, 0.1) is 6.92 Å². The van der Waals surface area contributed by atoms with Crippen LogP contribution >= 0.6 is 15.9 Å². The van der Waals surface area contributed by atoms with E-state index < -0.39 is 0 Å². The fourth-order valence-corrected chi connectivity index (χ4v) is 1.88. The van der Waals surface area contributed by atoms with Crippen LogP contribution in [-0.4, -0.2) is 11.0 Å². The molecule has 2 rings (SSSR count). The van der Waals surface area contributed by atoms with Gasteiger partial charge in [-0.2, -0.15) is 0 Å². The maximum atomic E-state index is 5.75. The molecule has 0 spiro atoms. The van der Waals surface area contributed by atoms with Crippen LogP contribution in [0.15, 0.2) is 10.7 Å². The first-order chi connectivity index (χ1) is 6.68. The highest BCUT2D eigenvalue weighted by atomic mass is 79.9. The van der Waals surface area contributed by atoms with E-state index in [0.29, 0.717) is 6.04 Å². The number of pyridine rings is 1. The molecule has 1 saturated carbocycles. The zero-order chi connectivity index (χ0) is 10.1. The van der Waals surface area contributed by atoms with Crippen molar-refractivity contribution in [3.05, 3.63) is 16.2 Å². The van der Waals surface area contributed by atoms with Crippen LogP contribution in [0.1, 0.15) is 24.8 Å². The van der Waals surface area contributed by atoms with Gasteiger partial charge in [-0.05, 0) is 47.7 Å². The van der Waals surface area contributed by atoms with Crippen molar-refractivity contribution >= 4 is 27.4 Å². The Balaban J connectivity index is 2.20. The van der Waals surface area contributed by atoms with Crippen molar-refractivity contribution < 1.29 is 0 Å². The lowest BCUT2D eigenvalue weighted by Crippen LogP contribution is -2.27. The first kappa shape index (κ1) is 9.77. The highest BCUT2D eigenvalue weighted by Crippen LogP contribution is 2.30. The summed E-state index contributed by atoms with van der Waals surface area (Å²) in [6, 6.07) is 0.599. The molecule has 1 aliphatic rings. The van der Waals surface area contributed by atoms with Crippen molar-refractivity contribution in [3.63, 3.8) is 0 Å². The zero-order valence-electron chi connectivity index (χ0n) is 8.18. The van der Waals surface area contributed by atoms with Crippen LogP contribution in [0.25, 0.3) is 0 Å². The molecule has 76 valence electrons. The number of nitrogens with zero attached hydrogens (tertiary/aromatic N) is 1. The van der Waals surface area contributed by atoms with E-state index in [-0.39, 0.29) is 0 Å². The maximum Gasteiger partial charge on any atom is 0.140 e. The minimum Gasteiger partial charge on any atom is -0.397 e. The summed E-state index contributed by atoms with van der Waals surface area (Å²) in [7, 11) is 0. The lowest BCUT2D eigenvalue weighted by molar-refractivity contribution is 0.444. The Hall–Kier alpha value is -0.770. The number of rotatable bonds is 2. The summed E-state index contributed by atoms with van der Waals surface area (Å²) < 4.78 is 0.990. The van der Waals surface area contributed by atoms with Gasteiger partial charge in [-0.25, -0.2) is 4.98 Å². The van der Waals surface area contributed by atoms with Crippen LogP contribution in [0.2, 0.25) is 0 Å². The van der Waals surface area contributed by atoms with Crippen molar-refractivity contribution in [2.45, 2.75) is 32.2 Å². The zero-order valence-corrected chi connectivity index (χ0v) is 9.76. The minimum absolute atomic E-state index is 0.599. The molecule has 0 aromatic carbocycles. The smallest absolute Gasteiger partial charge is 0.140 e. The Morgan fingerprint density at radius 2 is 2.29 bits per heavy atom. The average molecular weight is 256 g/mol. The first-order valence-corrected chi connectivity index (χ1v) is 5.65. The van der Waals surface area contributed by atoms with Crippen LogP contribution in [0.4, 0.5) is 11.5 Å². The van der Waals surface area contributed by atoms with Gasteiger partial charge in [-0.15, -0.1) is 0 Å². The molecule has 1 heterocycles. The van der Waals surface area contributed by atoms with E-state index in [9.17, 15) is 0 Å². The number of halogens is 1. The molecule has 0 unspecified atom stereocenters. The normalized spacial score (nSPS) is 16.4. The molecular weight excluding hydrogens is 242 g/mol. The molecule has 4 heteroatoms. The van der Waals surface area contributed by atoms with Gasteiger partial charge in [-0.1, -0.05) is 0 Å². The quantitative estimate of drug-likeness (QED) is 0.855. The second-order valence-corrected chi connectivity index (χ2v) is 4.57. The molecule has 1 fully saturated rings. The highest BCUT2D eigenvalue weighted by molar-refractivity contribution is 9.10. The van der Waals surface area contributed by atoms with Gasteiger partial charge in [-0.3, -0.25) is 0 Å². The topological polar surface area (TPSA) is 50.9 Å². The van der Waals surface area contributed by atoms with Gasteiger partial charge >= 0.3 is 0 Å². The number of aromatic nitrogens is 1. The van der Waals surface area contributed by atoms with E-state index in [1.807, 2.05) is 6.92 Å².